The number of methoxy groups -OCH3 is 1. The lowest BCUT2D eigenvalue weighted by Gasteiger charge is -2.04. The third-order valence-corrected chi connectivity index (χ3v) is 5.45. The molecule has 6 nitrogen and oxygen atoms in total. The van der Waals surface area contributed by atoms with Crippen molar-refractivity contribution in [2.45, 2.75) is 10.9 Å². The molecule has 2 heterocycles. The average Bonchev–Trinajstić information content (AvgIpc) is 3.34. The molecular weight excluding hydrogens is 396 g/mol. The van der Waals surface area contributed by atoms with Gasteiger partial charge in [-0.3, -0.25) is 0 Å². The highest BCUT2D eigenvalue weighted by Gasteiger charge is 2.13. The van der Waals surface area contributed by atoms with Crippen LogP contribution in [0.4, 0.5) is 0 Å². The lowest BCUT2D eigenvalue weighted by molar-refractivity contribution is 0.415. The van der Waals surface area contributed by atoms with Crippen LogP contribution in [0.2, 0.25) is 5.02 Å². The number of hydrogen-bond acceptors (Lipinski definition) is 6. The molecule has 0 atom stereocenters. The first-order valence-electron chi connectivity index (χ1n) is 8.51. The normalized spacial score (nSPS) is 11.0. The van der Waals surface area contributed by atoms with Gasteiger partial charge >= 0.3 is 0 Å². The highest BCUT2D eigenvalue weighted by atomic mass is 35.5. The van der Waals surface area contributed by atoms with E-state index in [1.54, 1.807) is 13.3 Å². The second-order valence-electron chi connectivity index (χ2n) is 6.01. The van der Waals surface area contributed by atoms with Crippen LogP contribution < -0.4 is 4.74 Å². The van der Waals surface area contributed by atoms with E-state index in [1.165, 1.54) is 11.8 Å². The van der Waals surface area contributed by atoms with Gasteiger partial charge in [-0.1, -0.05) is 23.4 Å². The highest BCUT2D eigenvalue weighted by molar-refractivity contribution is 7.98. The van der Waals surface area contributed by atoms with Crippen molar-refractivity contribution in [3.8, 4) is 28.5 Å². The van der Waals surface area contributed by atoms with Gasteiger partial charge in [0.2, 0.25) is 5.89 Å². The van der Waals surface area contributed by atoms with Crippen molar-refractivity contribution in [3.05, 3.63) is 65.6 Å². The zero-order chi connectivity index (χ0) is 19.5. The van der Waals surface area contributed by atoms with Crippen molar-refractivity contribution in [1.82, 2.24) is 19.7 Å². The van der Waals surface area contributed by atoms with E-state index in [0.717, 1.165) is 27.9 Å². The first kappa shape index (κ1) is 18.6. The lowest BCUT2D eigenvalue weighted by Crippen LogP contribution is -1.95. The summed E-state index contributed by atoms with van der Waals surface area (Å²) in [6, 6.07) is 15.2. The number of benzene rings is 2. The Hall–Kier alpha value is -2.77. The molecule has 0 fully saturated rings. The summed E-state index contributed by atoms with van der Waals surface area (Å²) in [6.45, 7) is 0. The highest BCUT2D eigenvalue weighted by Crippen LogP contribution is 2.28. The Bertz CT molecular complexity index is 1070. The molecule has 0 unspecified atom stereocenters. The van der Waals surface area contributed by atoms with Gasteiger partial charge in [-0.2, -0.15) is 0 Å². The first-order valence-corrected chi connectivity index (χ1v) is 9.87. The molecule has 0 saturated heterocycles. The summed E-state index contributed by atoms with van der Waals surface area (Å²) in [5.74, 6) is 3.50. The Morgan fingerprint density at radius 2 is 1.75 bits per heavy atom. The summed E-state index contributed by atoms with van der Waals surface area (Å²) in [4.78, 5) is 4.35. The molecule has 4 aromatic rings. The predicted octanol–water partition coefficient (Wildman–Crippen LogP) is 5.09. The second kappa shape index (κ2) is 8.08. The quantitative estimate of drug-likeness (QED) is 0.411. The van der Waals surface area contributed by atoms with Crippen LogP contribution >= 0.6 is 23.4 Å². The molecule has 0 radical (unpaired) electrons. The van der Waals surface area contributed by atoms with Crippen molar-refractivity contribution in [2.75, 3.05) is 7.11 Å². The van der Waals surface area contributed by atoms with Gasteiger partial charge < -0.3 is 13.7 Å². The summed E-state index contributed by atoms with van der Waals surface area (Å²) in [6.07, 6.45) is 1.72. The van der Waals surface area contributed by atoms with E-state index in [1.807, 2.05) is 60.1 Å². The molecule has 8 heteroatoms. The number of hydrogen-bond donors (Lipinski definition) is 0. The summed E-state index contributed by atoms with van der Waals surface area (Å²) in [5, 5.41) is 10.1. The van der Waals surface area contributed by atoms with Crippen molar-refractivity contribution in [3.63, 3.8) is 0 Å². The third kappa shape index (κ3) is 3.90. The maximum absolute atomic E-state index is 5.93. The molecule has 2 aromatic carbocycles. The van der Waals surface area contributed by atoms with Crippen molar-refractivity contribution in [2.24, 2.45) is 7.05 Å². The van der Waals surface area contributed by atoms with E-state index in [2.05, 4.69) is 15.2 Å². The monoisotopic (exact) mass is 412 g/mol. The van der Waals surface area contributed by atoms with Crippen molar-refractivity contribution >= 4 is 23.4 Å². The molecule has 4 rings (SSSR count). The van der Waals surface area contributed by atoms with E-state index < -0.39 is 0 Å². The van der Waals surface area contributed by atoms with Crippen LogP contribution in [0, 0.1) is 0 Å². The van der Waals surface area contributed by atoms with Gasteiger partial charge in [-0.25, -0.2) is 4.98 Å². The van der Waals surface area contributed by atoms with Crippen molar-refractivity contribution in [1.29, 1.82) is 0 Å². The fourth-order valence-electron chi connectivity index (χ4n) is 2.68. The molecule has 0 saturated carbocycles. The average molecular weight is 413 g/mol. The predicted molar refractivity (Wildman–Crippen MR) is 110 cm³/mol. The van der Waals surface area contributed by atoms with Gasteiger partial charge in [0.05, 0.1) is 19.1 Å². The lowest BCUT2D eigenvalue weighted by atomic mass is 10.2. The topological polar surface area (TPSA) is 66.0 Å². The SMILES string of the molecule is COc1ccc(-c2nnc(SCc3ncc(-c4ccc(Cl)cc4)o3)n2C)cc1. The van der Waals surface area contributed by atoms with E-state index in [9.17, 15) is 0 Å². The van der Waals surface area contributed by atoms with Gasteiger partial charge in [0.1, 0.15) is 5.75 Å². The maximum Gasteiger partial charge on any atom is 0.205 e. The van der Waals surface area contributed by atoms with Gasteiger partial charge in [0.25, 0.3) is 0 Å². The van der Waals surface area contributed by atoms with Gasteiger partial charge in [-0.15, -0.1) is 10.2 Å². The van der Waals surface area contributed by atoms with Gasteiger partial charge in [0.15, 0.2) is 16.7 Å². The van der Waals surface area contributed by atoms with Crippen LogP contribution in [-0.2, 0) is 12.8 Å². The Labute approximate surface area is 171 Å². The molecule has 2 aromatic heterocycles. The number of aromatic nitrogens is 4. The Balaban J connectivity index is 1.45. The van der Waals surface area contributed by atoms with Crippen LogP contribution in [-0.4, -0.2) is 26.9 Å². The number of nitrogens with zero attached hydrogens (tertiary/aromatic N) is 4. The van der Waals surface area contributed by atoms with E-state index in [0.29, 0.717) is 22.4 Å². The van der Waals surface area contributed by atoms with Crippen LogP contribution in [0.1, 0.15) is 5.89 Å². The van der Waals surface area contributed by atoms with Crippen LogP contribution in [0.15, 0.2) is 64.3 Å². The molecule has 142 valence electrons. The number of ether oxygens (including phenoxy) is 1. The maximum atomic E-state index is 5.93. The van der Waals surface area contributed by atoms with Crippen molar-refractivity contribution < 1.29 is 9.15 Å². The smallest absolute Gasteiger partial charge is 0.205 e. The summed E-state index contributed by atoms with van der Waals surface area (Å²) < 4.78 is 13.0. The fraction of sp³-hybridized carbons (Fsp3) is 0.150. The van der Waals surface area contributed by atoms with Gasteiger partial charge in [0, 0.05) is 23.2 Å². The number of thioether (sulfide) groups is 1. The minimum Gasteiger partial charge on any atom is -0.497 e. The molecular formula is C20H17ClN4O2S. The molecule has 0 amide bonds. The van der Waals surface area contributed by atoms with Crippen LogP contribution in [0.5, 0.6) is 5.75 Å². The summed E-state index contributed by atoms with van der Waals surface area (Å²) in [7, 11) is 3.59. The third-order valence-electron chi connectivity index (χ3n) is 4.19. The van der Waals surface area contributed by atoms with Gasteiger partial charge in [-0.05, 0) is 48.5 Å². The Kier molecular flexibility index (Phi) is 5.36. The zero-order valence-corrected chi connectivity index (χ0v) is 16.9. The van der Waals surface area contributed by atoms with E-state index in [-0.39, 0.29) is 0 Å². The number of rotatable bonds is 6. The van der Waals surface area contributed by atoms with E-state index >= 15 is 0 Å². The fourth-order valence-corrected chi connectivity index (χ4v) is 3.57. The number of oxazole rings is 1. The zero-order valence-electron chi connectivity index (χ0n) is 15.3. The molecule has 0 aliphatic heterocycles. The summed E-state index contributed by atoms with van der Waals surface area (Å²) in [5.41, 5.74) is 1.91. The largest absolute Gasteiger partial charge is 0.497 e. The second-order valence-corrected chi connectivity index (χ2v) is 7.39. The van der Waals surface area contributed by atoms with Crippen LogP contribution in [0.25, 0.3) is 22.7 Å². The molecule has 0 aliphatic carbocycles. The van der Waals surface area contributed by atoms with E-state index in [4.69, 9.17) is 20.8 Å². The molecule has 0 N–H and O–H groups in total. The number of halogens is 1. The minimum atomic E-state index is 0.558. The molecule has 0 bridgehead atoms. The molecule has 0 spiro atoms. The Morgan fingerprint density at radius 3 is 2.46 bits per heavy atom. The first-order chi connectivity index (χ1) is 13.6. The minimum absolute atomic E-state index is 0.558. The standard InChI is InChI=1S/C20H17ClN4O2S/c1-25-19(14-5-9-16(26-2)10-6-14)23-24-20(25)28-12-18-22-11-17(27-18)13-3-7-15(21)8-4-13/h3-11H,12H2,1-2H3. The molecule has 28 heavy (non-hydrogen) atoms. The van der Waals surface area contributed by atoms with Crippen LogP contribution in [0.3, 0.4) is 0 Å². The summed E-state index contributed by atoms with van der Waals surface area (Å²) >= 11 is 7.45. The Morgan fingerprint density at radius 1 is 1.04 bits per heavy atom. The molecule has 0 aliphatic rings.